The molecular formula is C14H15NO2S. The highest BCUT2D eigenvalue weighted by Crippen LogP contribution is 2.23. The lowest BCUT2D eigenvalue weighted by atomic mass is 10.0. The highest BCUT2D eigenvalue weighted by Gasteiger charge is 2.15. The Labute approximate surface area is 110 Å². The lowest BCUT2D eigenvalue weighted by Crippen LogP contribution is -2.05. The standard InChI is InChI=1S/C14H15NO2S/c1-9-4-5-13(17-3)11(6-9)7-12(16)14-10(2)15-8-18-14/h4-6,8H,7H2,1-3H3. The maximum absolute atomic E-state index is 12.2. The fourth-order valence-electron chi connectivity index (χ4n) is 1.87. The van der Waals surface area contributed by atoms with Crippen LogP contribution in [0.15, 0.2) is 23.7 Å². The molecule has 2 rings (SSSR count). The number of hydrogen-bond acceptors (Lipinski definition) is 4. The molecule has 0 aliphatic carbocycles. The molecule has 18 heavy (non-hydrogen) atoms. The molecule has 0 aliphatic rings. The van der Waals surface area contributed by atoms with Crippen molar-refractivity contribution in [1.82, 2.24) is 4.98 Å². The molecule has 4 heteroatoms. The van der Waals surface area contributed by atoms with Crippen LogP contribution < -0.4 is 4.74 Å². The Kier molecular flexibility index (Phi) is 3.77. The number of hydrogen-bond donors (Lipinski definition) is 0. The average Bonchev–Trinajstić information content (AvgIpc) is 2.76. The van der Waals surface area contributed by atoms with Gasteiger partial charge in [-0.1, -0.05) is 17.7 Å². The summed E-state index contributed by atoms with van der Waals surface area (Å²) in [5.74, 6) is 0.856. The van der Waals surface area contributed by atoms with Gasteiger partial charge in [0.2, 0.25) is 0 Å². The van der Waals surface area contributed by atoms with Gasteiger partial charge in [0, 0.05) is 12.0 Å². The lowest BCUT2D eigenvalue weighted by Gasteiger charge is -2.08. The number of benzene rings is 1. The molecule has 0 bridgehead atoms. The van der Waals surface area contributed by atoms with Crippen LogP contribution in [0, 0.1) is 13.8 Å². The molecule has 2 aromatic rings. The highest BCUT2D eigenvalue weighted by molar-refractivity contribution is 7.11. The topological polar surface area (TPSA) is 39.2 Å². The monoisotopic (exact) mass is 261 g/mol. The summed E-state index contributed by atoms with van der Waals surface area (Å²) in [6, 6.07) is 5.87. The van der Waals surface area contributed by atoms with Crippen molar-refractivity contribution in [3.8, 4) is 5.75 Å². The van der Waals surface area contributed by atoms with E-state index in [0.717, 1.165) is 27.4 Å². The minimum absolute atomic E-state index is 0.0962. The normalized spacial score (nSPS) is 10.4. The number of rotatable bonds is 4. The van der Waals surface area contributed by atoms with E-state index in [9.17, 15) is 4.79 Å². The predicted octanol–water partition coefficient (Wildman–Crippen LogP) is 3.19. The van der Waals surface area contributed by atoms with E-state index in [2.05, 4.69) is 4.98 Å². The summed E-state index contributed by atoms with van der Waals surface area (Å²) in [5, 5.41) is 0. The third-order valence-corrected chi connectivity index (χ3v) is 3.76. The largest absolute Gasteiger partial charge is 0.496 e. The van der Waals surface area contributed by atoms with Crippen LogP contribution in [0.3, 0.4) is 0 Å². The second kappa shape index (κ2) is 5.31. The van der Waals surface area contributed by atoms with Crippen LogP contribution in [0.5, 0.6) is 5.75 Å². The van der Waals surface area contributed by atoms with Gasteiger partial charge in [0.25, 0.3) is 0 Å². The van der Waals surface area contributed by atoms with E-state index in [-0.39, 0.29) is 5.78 Å². The van der Waals surface area contributed by atoms with E-state index in [0.29, 0.717) is 6.42 Å². The van der Waals surface area contributed by atoms with Crippen molar-refractivity contribution in [1.29, 1.82) is 0 Å². The first-order valence-electron chi connectivity index (χ1n) is 5.68. The SMILES string of the molecule is COc1ccc(C)cc1CC(=O)c1scnc1C. The van der Waals surface area contributed by atoms with Crippen LogP contribution in [0.4, 0.5) is 0 Å². The number of methoxy groups -OCH3 is 1. The Morgan fingerprint density at radius 2 is 2.17 bits per heavy atom. The number of carbonyl (C=O) groups is 1. The first-order valence-corrected chi connectivity index (χ1v) is 6.56. The van der Waals surface area contributed by atoms with Crippen LogP contribution in [0.1, 0.15) is 26.5 Å². The zero-order valence-electron chi connectivity index (χ0n) is 10.7. The quantitative estimate of drug-likeness (QED) is 0.793. The molecule has 0 atom stereocenters. The molecular weight excluding hydrogens is 246 g/mol. The average molecular weight is 261 g/mol. The molecule has 0 unspecified atom stereocenters. The van der Waals surface area contributed by atoms with Crippen molar-refractivity contribution in [3.63, 3.8) is 0 Å². The first kappa shape index (κ1) is 12.8. The third kappa shape index (κ3) is 2.59. The third-order valence-electron chi connectivity index (χ3n) is 2.79. The zero-order valence-corrected chi connectivity index (χ0v) is 11.5. The molecule has 0 amide bonds. The Morgan fingerprint density at radius 3 is 2.78 bits per heavy atom. The molecule has 0 fully saturated rings. The number of thiazole rings is 1. The van der Waals surface area contributed by atoms with E-state index < -0.39 is 0 Å². The van der Waals surface area contributed by atoms with Gasteiger partial charge in [-0.25, -0.2) is 4.98 Å². The van der Waals surface area contributed by atoms with E-state index in [1.54, 1.807) is 12.6 Å². The van der Waals surface area contributed by atoms with Gasteiger partial charge in [-0.2, -0.15) is 0 Å². The fraction of sp³-hybridized carbons (Fsp3) is 0.286. The van der Waals surface area contributed by atoms with Crippen molar-refractivity contribution in [2.45, 2.75) is 20.3 Å². The smallest absolute Gasteiger partial charge is 0.179 e. The molecule has 1 heterocycles. The lowest BCUT2D eigenvalue weighted by molar-refractivity contribution is 0.0995. The highest BCUT2D eigenvalue weighted by atomic mass is 32.1. The van der Waals surface area contributed by atoms with Gasteiger partial charge in [-0.05, 0) is 19.9 Å². The molecule has 0 N–H and O–H groups in total. The zero-order chi connectivity index (χ0) is 13.1. The number of aryl methyl sites for hydroxylation is 2. The first-order chi connectivity index (χ1) is 8.61. The summed E-state index contributed by atoms with van der Waals surface area (Å²) in [6.07, 6.45) is 0.355. The molecule has 1 aromatic carbocycles. The summed E-state index contributed by atoms with van der Waals surface area (Å²) in [5.41, 5.74) is 4.56. The van der Waals surface area contributed by atoms with Gasteiger partial charge >= 0.3 is 0 Å². The predicted molar refractivity (Wildman–Crippen MR) is 72.6 cm³/mol. The Hall–Kier alpha value is -1.68. The minimum Gasteiger partial charge on any atom is -0.496 e. The van der Waals surface area contributed by atoms with E-state index in [1.807, 2.05) is 32.0 Å². The van der Waals surface area contributed by atoms with Crippen molar-refractivity contribution in [3.05, 3.63) is 45.4 Å². The maximum Gasteiger partial charge on any atom is 0.179 e. The number of Topliss-reactive ketones (excluding diaryl/α,β-unsaturated/α-hetero) is 1. The van der Waals surface area contributed by atoms with Gasteiger partial charge in [-0.15, -0.1) is 11.3 Å². The van der Waals surface area contributed by atoms with Crippen molar-refractivity contribution in [2.24, 2.45) is 0 Å². The van der Waals surface area contributed by atoms with Crippen LogP contribution in [-0.4, -0.2) is 17.9 Å². The summed E-state index contributed by atoms with van der Waals surface area (Å²) in [6.45, 7) is 3.86. The molecule has 3 nitrogen and oxygen atoms in total. The number of carbonyl (C=O) groups excluding carboxylic acids is 1. The molecule has 0 saturated heterocycles. The number of aromatic nitrogens is 1. The van der Waals surface area contributed by atoms with Gasteiger partial charge in [0.15, 0.2) is 5.78 Å². The summed E-state index contributed by atoms with van der Waals surface area (Å²) >= 11 is 1.39. The minimum atomic E-state index is 0.0962. The Balaban J connectivity index is 2.27. The summed E-state index contributed by atoms with van der Waals surface area (Å²) in [7, 11) is 1.62. The summed E-state index contributed by atoms with van der Waals surface area (Å²) in [4.78, 5) is 17.0. The maximum atomic E-state index is 12.2. The number of ether oxygens (including phenoxy) is 1. The second-order valence-corrected chi connectivity index (χ2v) is 5.04. The van der Waals surface area contributed by atoms with E-state index in [4.69, 9.17) is 4.74 Å². The van der Waals surface area contributed by atoms with Crippen molar-refractivity contribution >= 4 is 17.1 Å². The molecule has 0 radical (unpaired) electrons. The molecule has 0 saturated carbocycles. The van der Waals surface area contributed by atoms with Gasteiger partial charge in [0.05, 0.1) is 23.2 Å². The number of ketones is 1. The summed E-state index contributed by atoms with van der Waals surface area (Å²) < 4.78 is 5.28. The molecule has 0 aliphatic heterocycles. The Bertz CT molecular complexity index is 575. The van der Waals surface area contributed by atoms with Crippen molar-refractivity contribution < 1.29 is 9.53 Å². The van der Waals surface area contributed by atoms with Gasteiger partial charge in [0.1, 0.15) is 5.75 Å². The van der Waals surface area contributed by atoms with Crippen LogP contribution in [0.2, 0.25) is 0 Å². The van der Waals surface area contributed by atoms with Crippen molar-refractivity contribution in [2.75, 3.05) is 7.11 Å². The molecule has 94 valence electrons. The van der Waals surface area contributed by atoms with E-state index in [1.165, 1.54) is 11.3 Å². The van der Waals surface area contributed by atoms with Gasteiger partial charge < -0.3 is 4.74 Å². The number of nitrogens with zero attached hydrogens (tertiary/aromatic N) is 1. The van der Waals surface area contributed by atoms with Gasteiger partial charge in [-0.3, -0.25) is 4.79 Å². The Morgan fingerprint density at radius 1 is 1.39 bits per heavy atom. The fourth-order valence-corrected chi connectivity index (χ4v) is 2.61. The van der Waals surface area contributed by atoms with Crippen LogP contribution >= 0.6 is 11.3 Å². The van der Waals surface area contributed by atoms with Crippen LogP contribution in [-0.2, 0) is 6.42 Å². The molecule has 1 aromatic heterocycles. The molecule has 0 spiro atoms. The van der Waals surface area contributed by atoms with Crippen LogP contribution in [0.25, 0.3) is 0 Å². The second-order valence-electron chi connectivity index (χ2n) is 4.18. The van der Waals surface area contributed by atoms with E-state index >= 15 is 0 Å².